The van der Waals surface area contributed by atoms with Crippen molar-refractivity contribution in [1.82, 2.24) is 0 Å². The normalized spacial score (nSPS) is 10.4. The van der Waals surface area contributed by atoms with Crippen molar-refractivity contribution in [2.75, 3.05) is 11.1 Å². The third kappa shape index (κ3) is 2.59. The Morgan fingerprint density at radius 3 is 2.60 bits per heavy atom. The molecule has 2 rings (SSSR count). The number of aryl methyl sites for hydroxylation is 1. The van der Waals surface area contributed by atoms with Crippen LogP contribution in [0.4, 0.5) is 24.5 Å². The summed E-state index contributed by atoms with van der Waals surface area (Å²) in [5.74, 6) is -4.44. The predicted octanol–water partition coefficient (Wildman–Crippen LogP) is 3.25. The lowest BCUT2D eigenvalue weighted by Crippen LogP contribution is -2.16. The molecule has 0 unspecified atom stereocenters. The highest BCUT2D eigenvalue weighted by Crippen LogP contribution is 2.22. The first-order chi connectivity index (χ1) is 9.40. The van der Waals surface area contributed by atoms with Crippen molar-refractivity contribution in [3.8, 4) is 0 Å². The summed E-state index contributed by atoms with van der Waals surface area (Å²) in [6.07, 6.45) is 0. The Kier molecular flexibility index (Phi) is 3.65. The molecule has 104 valence electrons. The van der Waals surface area contributed by atoms with E-state index in [4.69, 9.17) is 5.73 Å². The average molecular weight is 280 g/mol. The molecule has 3 N–H and O–H groups in total. The summed E-state index contributed by atoms with van der Waals surface area (Å²) in [5, 5.41) is 2.10. The van der Waals surface area contributed by atoms with E-state index >= 15 is 0 Å². The second-order valence-corrected chi connectivity index (χ2v) is 4.24. The van der Waals surface area contributed by atoms with Crippen LogP contribution in [0.2, 0.25) is 0 Å². The van der Waals surface area contributed by atoms with Gasteiger partial charge in [-0.25, -0.2) is 13.2 Å². The molecular formula is C14H11F3N2O. The SMILES string of the molecule is Cc1cccc(C(=O)Nc2cc(F)cc(F)c2F)c1N. The van der Waals surface area contributed by atoms with E-state index in [1.807, 2.05) is 0 Å². The first-order valence-corrected chi connectivity index (χ1v) is 5.71. The van der Waals surface area contributed by atoms with Crippen molar-refractivity contribution in [3.05, 3.63) is 58.9 Å². The molecule has 0 bridgehead atoms. The van der Waals surface area contributed by atoms with E-state index in [9.17, 15) is 18.0 Å². The molecule has 0 radical (unpaired) electrons. The molecule has 2 aromatic carbocycles. The van der Waals surface area contributed by atoms with Crippen molar-refractivity contribution in [2.45, 2.75) is 6.92 Å². The van der Waals surface area contributed by atoms with Crippen LogP contribution in [-0.2, 0) is 0 Å². The van der Waals surface area contributed by atoms with E-state index in [-0.39, 0.29) is 11.3 Å². The average Bonchev–Trinajstić information content (AvgIpc) is 2.38. The van der Waals surface area contributed by atoms with Crippen LogP contribution in [0.5, 0.6) is 0 Å². The topological polar surface area (TPSA) is 55.1 Å². The number of nitrogens with two attached hydrogens (primary N) is 1. The number of anilines is 2. The molecule has 1 amide bonds. The Bertz CT molecular complexity index is 686. The second kappa shape index (κ2) is 5.24. The van der Waals surface area contributed by atoms with Gasteiger partial charge < -0.3 is 11.1 Å². The van der Waals surface area contributed by atoms with Gasteiger partial charge in [-0.3, -0.25) is 4.79 Å². The van der Waals surface area contributed by atoms with Gasteiger partial charge in [-0.15, -0.1) is 0 Å². The fourth-order valence-corrected chi connectivity index (χ4v) is 1.72. The summed E-state index contributed by atoms with van der Waals surface area (Å²) >= 11 is 0. The largest absolute Gasteiger partial charge is 0.398 e. The third-order valence-corrected chi connectivity index (χ3v) is 2.81. The number of hydrogen-bond acceptors (Lipinski definition) is 2. The van der Waals surface area contributed by atoms with Gasteiger partial charge in [0.1, 0.15) is 5.82 Å². The van der Waals surface area contributed by atoms with Crippen molar-refractivity contribution in [3.63, 3.8) is 0 Å². The molecule has 0 saturated heterocycles. The van der Waals surface area contributed by atoms with Gasteiger partial charge in [-0.1, -0.05) is 12.1 Å². The molecule has 0 fully saturated rings. The summed E-state index contributed by atoms with van der Waals surface area (Å²) in [4.78, 5) is 12.0. The molecule has 0 atom stereocenters. The van der Waals surface area contributed by atoms with Gasteiger partial charge in [0.25, 0.3) is 5.91 Å². The van der Waals surface area contributed by atoms with Crippen LogP contribution >= 0.6 is 0 Å². The van der Waals surface area contributed by atoms with E-state index in [2.05, 4.69) is 5.32 Å². The first-order valence-electron chi connectivity index (χ1n) is 5.71. The lowest BCUT2D eigenvalue weighted by Gasteiger charge is -2.10. The Morgan fingerprint density at radius 2 is 1.90 bits per heavy atom. The Morgan fingerprint density at radius 1 is 1.20 bits per heavy atom. The van der Waals surface area contributed by atoms with Gasteiger partial charge in [0.2, 0.25) is 0 Å². The molecular weight excluding hydrogens is 269 g/mol. The lowest BCUT2D eigenvalue weighted by molar-refractivity contribution is 0.102. The zero-order chi connectivity index (χ0) is 14.9. The van der Waals surface area contributed by atoms with Crippen molar-refractivity contribution in [2.24, 2.45) is 0 Å². The smallest absolute Gasteiger partial charge is 0.257 e. The predicted molar refractivity (Wildman–Crippen MR) is 69.9 cm³/mol. The highest BCUT2D eigenvalue weighted by atomic mass is 19.2. The van der Waals surface area contributed by atoms with E-state index in [1.54, 1.807) is 19.1 Å². The minimum absolute atomic E-state index is 0.106. The number of amides is 1. The number of benzene rings is 2. The van der Waals surface area contributed by atoms with Gasteiger partial charge >= 0.3 is 0 Å². The van der Waals surface area contributed by atoms with E-state index in [1.165, 1.54) is 6.07 Å². The van der Waals surface area contributed by atoms with Crippen molar-refractivity contribution < 1.29 is 18.0 Å². The monoisotopic (exact) mass is 280 g/mol. The minimum Gasteiger partial charge on any atom is -0.398 e. The maximum atomic E-state index is 13.4. The molecule has 2 aromatic rings. The minimum atomic E-state index is -1.38. The van der Waals surface area contributed by atoms with E-state index < -0.39 is 29.0 Å². The molecule has 0 heterocycles. The van der Waals surface area contributed by atoms with Gasteiger partial charge in [0.15, 0.2) is 11.6 Å². The number of para-hydroxylation sites is 1. The molecule has 0 saturated carbocycles. The number of nitrogens with one attached hydrogen (secondary N) is 1. The number of carbonyl (C=O) groups is 1. The molecule has 0 aliphatic heterocycles. The van der Waals surface area contributed by atoms with Crippen LogP contribution in [0.1, 0.15) is 15.9 Å². The van der Waals surface area contributed by atoms with Crippen LogP contribution in [0.25, 0.3) is 0 Å². The highest BCUT2D eigenvalue weighted by Gasteiger charge is 2.16. The van der Waals surface area contributed by atoms with Crippen LogP contribution in [-0.4, -0.2) is 5.91 Å². The summed E-state index contributed by atoms with van der Waals surface area (Å²) < 4.78 is 39.5. The number of rotatable bonds is 2. The van der Waals surface area contributed by atoms with Gasteiger partial charge in [0, 0.05) is 17.8 Å². The van der Waals surface area contributed by atoms with Gasteiger partial charge in [-0.05, 0) is 18.6 Å². The van der Waals surface area contributed by atoms with Gasteiger partial charge in [0.05, 0.1) is 11.3 Å². The standard InChI is InChI=1S/C14H11F3N2O/c1-7-3-2-4-9(13(7)18)14(20)19-11-6-8(15)5-10(16)12(11)17/h2-6H,18H2,1H3,(H,19,20). The number of hydrogen-bond donors (Lipinski definition) is 2. The number of nitrogen functional groups attached to an aromatic ring is 1. The maximum absolute atomic E-state index is 13.4. The molecule has 6 heteroatoms. The highest BCUT2D eigenvalue weighted by molar-refractivity contribution is 6.08. The van der Waals surface area contributed by atoms with Gasteiger partial charge in [-0.2, -0.15) is 0 Å². The van der Waals surface area contributed by atoms with Crippen LogP contribution in [0.3, 0.4) is 0 Å². The van der Waals surface area contributed by atoms with Crippen LogP contribution in [0.15, 0.2) is 30.3 Å². The van der Waals surface area contributed by atoms with Crippen LogP contribution < -0.4 is 11.1 Å². The Hall–Kier alpha value is -2.50. The number of halogens is 3. The molecule has 3 nitrogen and oxygen atoms in total. The molecule has 0 spiro atoms. The summed E-state index contributed by atoms with van der Waals surface area (Å²) in [6.45, 7) is 1.70. The Balaban J connectivity index is 2.35. The summed E-state index contributed by atoms with van der Waals surface area (Å²) in [5.41, 5.74) is 6.16. The fourth-order valence-electron chi connectivity index (χ4n) is 1.72. The molecule has 0 aromatic heterocycles. The van der Waals surface area contributed by atoms with Crippen molar-refractivity contribution >= 4 is 17.3 Å². The number of carbonyl (C=O) groups excluding carboxylic acids is 1. The zero-order valence-electron chi connectivity index (χ0n) is 10.5. The first kappa shape index (κ1) is 13.9. The maximum Gasteiger partial charge on any atom is 0.257 e. The lowest BCUT2D eigenvalue weighted by atomic mass is 10.1. The zero-order valence-corrected chi connectivity index (χ0v) is 10.5. The molecule has 20 heavy (non-hydrogen) atoms. The van der Waals surface area contributed by atoms with E-state index in [0.717, 1.165) is 0 Å². The van der Waals surface area contributed by atoms with E-state index in [0.29, 0.717) is 17.7 Å². The molecule has 0 aliphatic rings. The van der Waals surface area contributed by atoms with Crippen LogP contribution in [0, 0.1) is 24.4 Å². The quantitative estimate of drug-likeness (QED) is 0.655. The van der Waals surface area contributed by atoms with Crippen molar-refractivity contribution in [1.29, 1.82) is 0 Å². The summed E-state index contributed by atoms with van der Waals surface area (Å²) in [7, 11) is 0. The fraction of sp³-hybridized carbons (Fsp3) is 0.0714. The Labute approximate surface area is 113 Å². The molecule has 0 aliphatic carbocycles. The second-order valence-electron chi connectivity index (χ2n) is 4.24. The summed E-state index contributed by atoms with van der Waals surface area (Å²) in [6, 6.07) is 5.83. The third-order valence-electron chi connectivity index (χ3n) is 2.81.